The molecule has 0 saturated carbocycles. The van der Waals surface area contributed by atoms with Crippen LogP contribution in [0.1, 0.15) is 6.92 Å². The minimum atomic E-state index is 0.998. The van der Waals surface area contributed by atoms with Gasteiger partial charge in [0.15, 0.2) is 7.28 Å². The van der Waals surface area contributed by atoms with Crippen LogP contribution in [-0.4, -0.2) is 24.9 Å². The first-order valence-corrected chi connectivity index (χ1v) is 3.10. The topological polar surface area (TPSA) is 15.6 Å². The summed E-state index contributed by atoms with van der Waals surface area (Å²) in [4.78, 5) is 0. The lowest BCUT2D eigenvalue weighted by molar-refractivity contribution is 0.493. The highest BCUT2D eigenvalue weighted by atomic mass is 15.4. The van der Waals surface area contributed by atoms with E-state index in [1.807, 2.05) is 14.0 Å². The summed E-state index contributed by atoms with van der Waals surface area (Å²) in [5.74, 6) is 0. The van der Waals surface area contributed by atoms with Crippen LogP contribution in [0.4, 0.5) is 0 Å². The Hall–Kier alpha value is -0.725. The number of hydrogen-bond donors (Lipinski definition) is 0. The summed E-state index contributed by atoms with van der Waals surface area (Å²) in [6, 6.07) is 0. The third-order valence-corrected chi connectivity index (χ3v) is 1.10. The van der Waals surface area contributed by atoms with Gasteiger partial charge in [-0.3, -0.25) is 5.01 Å². The van der Waals surface area contributed by atoms with Crippen LogP contribution in [0, 0.1) is 0 Å². The summed E-state index contributed by atoms with van der Waals surface area (Å²) < 4.78 is 0. The van der Waals surface area contributed by atoms with Gasteiger partial charge >= 0.3 is 0 Å². The van der Waals surface area contributed by atoms with Crippen molar-refractivity contribution in [3.05, 3.63) is 12.8 Å². The number of hydrazone groups is 1. The van der Waals surface area contributed by atoms with Gasteiger partial charge in [0, 0.05) is 13.2 Å². The van der Waals surface area contributed by atoms with Gasteiger partial charge in [-0.2, -0.15) is 5.10 Å². The third-order valence-electron chi connectivity index (χ3n) is 1.10. The minimum Gasteiger partial charge on any atom is -0.277 e. The first-order chi connectivity index (χ1) is 4.20. The van der Waals surface area contributed by atoms with Crippen LogP contribution in [0.5, 0.6) is 0 Å². The molecule has 0 saturated heterocycles. The van der Waals surface area contributed by atoms with E-state index >= 15 is 0 Å². The van der Waals surface area contributed by atoms with E-state index in [0.717, 1.165) is 12.9 Å². The number of hydrogen-bond acceptors (Lipinski definition) is 2. The molecule has 0 aliphatic carbocycles. The Morgan fingerprint density at radius 2 is 2.33 bits per heavy atom. The SMILES string of the molecule is C=CN(C)/N=C(\C)BC. The molecule has 3 heteroatoms. The quantitative estimate of drug-likeness (QED) is 0.309. The highest BCUT2D eigenvalue weighted by molar-refractivity contribution is 6.73. The summed E-state index contributed by atoms with van der Waals surface area (Å²) in [5, 5.41) is 5.85. The van der Waals surface area contributed by atoms with Crippen molar-refractivity contribution < 1.29 is 0 Å². The molecule has 0 amide bonds. The van der Waals surface area contributed by atoms with Gasteiger partial charge in [0.05, 0.1) is 0 Å². The average molecular weight is 124 g/mol. The third kappa shape index (κ3) is 3.82. The maximum atomic E-state index is 4.15. The number of rotatable bonds is 3. The second-order valence-electron chi connectivity index (χ2n) is 1.95. The molecule has 9 heavy (non-hydrogen) atoms. The van der Waals surface area contributed by atoms with Crippen LogP contribution in [0.2, 0.25) is 6.82 Å². The Bertz CT molecular complexity index is 120. The van der Waals surface area contributed by atoms with E-state index in [4.69, 9.17) is 0 Å². The normalized spacial score (nSPS) is 10.8. The molecule has 0 aromatic heterocycles. The predicted octanol–water partition coefficient (Wildman–Crippen LogP) is 0.880. The predicted molar refractivity (Wildman–Crippen MR) is 44.1 cm³/mol. The molecule has 50 valence electrons. The molecule has 0 atom stereocenters. The monoisotopic (exact) mass is 124 g/mol. The van der Waals surface area contributed by atoms with Crippen molar-refractivity contribution in [2.75, 3.05) is 7.05 Å². The van der Waals surface area contributed by atoms with Gasteiger partial charge in [-0.25, -0.2) is 0 Å². The lowest BCUT2D eigenvalue weighted by Crippen LogP contribution is -2.08. The van der Waals surface area contributed by atoms with E-state index in [2.05, 4.69) is 18.5 Å². The minimum absolute atomic E-state index is 0.998. The van der Waals surface area contributed by atoms with E-state index < -0.39 is 0 Å². The van der Waals surface area contributed by atoms with E-state index in [0.29, 0.717) is 0 Å². The van der Waals surface area contributed by atoms with Crippen LogP contribution in [-0.2, 0) is 0 Å². The molecule has 0 aromatic carbocycles. The summed E-state index contributed by atoms with van der Waals surface area (Å²) in [6.45, 7) is 7.65. The molecule has 0 aliphatic heterocycles. The smallest absolute Gasteiger partial charge is 0.175 e. The van der Waals surface area contributed by atoms with Crippen molar-refractivity contribution in [1.29, 1.82) is 0 Å². The van der Waals surface area contributed by atoms with Crippen molar-refractivity contribution in [3.8, 4) is 0 Å². The maximum Gasteiger partial charge on any atom is 0.175 e. The highest BCUT2D eigenvalue weighted by Crippen LogP contribution is 1.83. The molecule has 0 unspecified atom stereocenters. The zero-order valence-corrected chi connectivity index (χ0v) is 6.39. The van der Waals surface area contributed by atoms with Crippen LogP contribution in [0.15, 0.2) is 17.9 Å². The second kappa shape index (κ2) is 4.18. The molecule has 0 rings (SSSR count). The molecule has 2 nitrogen and oxygen atoms in total. The second-order valence-corrected chi connectivity index (χ2v) is 1.95. The molecule has 0 bridgehead atoms. The first-order valence-electron chi connectivity index (χ1n) is 3.10. The molecule has 0 heterocycles. The zero-order chi connectivity index (χ0) is 7.28. The average Bonchev–Trinajstić information content (AvgIpc) is 1.87. The fourth-order valence-electron chi connectivity index (χ4n) is 0.381. The van der Waals surface area contributed by atoms with E-state index in [-0.39, 0.29) is 0 Å². The fraction of sp³-hybridized carbons (Fsp3) is 0.500. The van der Waals surface area contributed by atoms with E-state index in [1.54, 1.807) is 11.2 Å². The van der Waals surface area contributed by atoms with Gasteiger partial charge < -0.3 is 0 Å². The molecule has 0 spiro atoms. The first kappa shape index (κ1) is 8.27. The molecule has 0 fully saturated rings. The van der Waals surface area contributed by atoms with Gasteiger partial charge in [0.1, 0.15) is 0 Å². The van der Waals surface area contributed by atoms with Crippen LogP contribution in [0.25, 0.3) is 0 Å². The molecular weight excluding hydrogens is 111 g/mol. The van der Waals surface area contributed by atoms with Crippen molar-refractivity contribution in [2.24, 2.45) is 5.10 Å². The fourth-order valence-corrected chi connectivity index (χ4v) is 0.381. The lowest BCUT2D eigenvalue weighted by Gasteiger charge is -2.05. The summed E-state index contributed by atoms with van der Waals surface area (Å²) in [6.07, 6.45) is 1.68. The molecule has 0 aliphatic rings. The van der Waals surface area contributed by atoms with Crippen LogP contribution >= 0.6 is 0 Å². The largest absolute Gasteiger partial charge is 0.277 e. The van der Waals surface area contributed by atoms with Gasteiger partial charge in [-0.15, -0.1) is 0 Å². The Labute approximate surface area is 57.5 Å². The van der Waals surface area contributed by atoms with Gasteiger partial charge in [-0.1, -0.05) is 13.4 Å². The standard InChI is InChI=1S/C6H13BN2/c1-5-9(4)8-6(2)7-3/h5,7H,1H2,2-4H3/b8-6+. The summed E-state index contributed by atoms with van der Waals surface area (Å²) in [7, 11) is 2.87. The van der Waals surface area contributed by atoms with Crippen molar-refractivity contribution in [2.45, 2.75) is 13.7 Å². The molecule has 0 radical (unpaired) electrons. The van der Waals surface area contributed by atoms with Gasteiger partial charge in [0.25, 0.3) is 0 Å². The lowest BCUT2D eigenvalue weighted by atomic mass is 9.77. The Kier molecular flexibility index (Phi) is 3.85. The maximum absolute atomic E-state index is 4.15. The molecule has 0 N–H and O–H groups in total. The zero-order valence-electron chi connectivity index (χ0n) is 6.39. The summed E-state index contributed by atoms with van der Waals surface area (Å²) in [5.41, 5.74) is 1.12. The number of nitrogens with zero attached hydrogens (tertiary/aromatic N) is 2. The Morgan fingerprint density at radius 3 is 2.67 bits per heavy atom. The molecule has 0 aromatic rings. The van der Waals surface area contributed by atoms with E-state index in [1.165, 1.54) is 0 Å². The van der Waals surface area contributed by atoms with Crippen LogP contribution < -0.4 is 0 Å². The van der Waals surface area contributed by atoms with Gasteiger partial charge in [-0.05, 0) is 12.5 Å². The van der Waals surface area contributed by atoms with Gasteiger partial charge in [0.2, 0.25) is 0 Å². The van der Waals surface area contributed by atoms with Crippen LogP contribution in [0.3, 0.4) is 0 Å². The summed E-state index contributed by atoms with van der Waals surface area (Å²) >= 11 is 0. The molecular formula is C6H13BN2. The highest BCUT2D eigenvalue weighted by Gasteiger charge is 1.87. The van der Waals surface area contributed by atoms with E-state index in [9.17, 15) is 0 Å². The van der Waals surface area contributed by atoms with Crippen molar-refractivity contribution in [3.63, 3.8) is 0 Å². The van der Waals surface area contributed by atoms with Crippen molar-refractivity contribution >= 4 is 12.9 Å². The van der Waals surface area contributed by atoms with Crippen molar-refractivity contribution in [1.82, 2.24) is 5.01 Å². The Balaban J connectivity index is 3.78. The Morgan fingerprint density at radius 1 is 1.78 bits per heavy atom.